The molecule has 1 fully saturated rings. The molecular formula is C20H29BrO12. The lowest BCUT2D eigenvalue weighted by Crippen LogP contribution is -2.63. The van der Waals surface area contributed by atoms with E-state index < -0.39 is 72.3 Å². The van der Waals surface area contributed by atoms with Gasteiger partial charge >= 0.3 is 23.9 Å². The van der Waals surface area contributed by atoms with Crippen LogP contribution in [0, 0.1) is 0 Å². The molecule has 0 amide bonds. The van der Waals surface area contributed by atoms with Crippen LogP contribution >= 0.6 is 15.9 Å². The summed E-state index contributed by atoms with van der Waals surface area (Å²) in [7, 11) is 0. The van der Waals surface area contributed by atoms with Gasteiger partial charge in [0.1, 0.15) is 23.3 Å². The van der Waals surface area contributed by atoms with Gasteiger partial charge in [-0.1, -0.05) is 15.9 Å². The standard InChI is InChI=1S/C20H29BrO12/c1-7-27-19(15(21)9(2)22)33-20-18(31-13(6)26)17(30-12(5)25)16(29-11(4)24)14(32-20)8-28-10(3)23/h14-20H,7-8H2,1-6H3/t14-,15+,16-,17+,18-,19+,20+/m1/s1. The highest BCUT2D eigenvalue weighted by Crippen LogP contribution is 2.31. The van der Waals surface area contributed by atoms with Gasteiger partial charge in [-0.3, -0.25) is 24.0 Å². The molecule has 188 valence electrons. The van der Waals surface area contributed by atoms with E-state index in [9.17, 15) is 24.0 Å². The lowest BCUT2D eigenvalue weighted by molar-refractivity contribution is -0.338. The summed E-state index contributed by atoms with van der Waals surface area (Å²) in [6, 6.07) is 0. The second-order valence-corrected chi connectivity index (χ2v) is 8.03. The van der Waals surface area contributed by atoms with Crippen LogP contribution in [0.3, 0.4) is 0 Å². The summed E-state index contributed by atoms with van der Waals surface area (Å²) in [5.74, 6) is -3.26. The molecule has 1 aliphatic heterocycles. The molecule has 0 aromatic carbocycles. The minimum atomic E-state index is -1.46. The molecule has 1 saturated heterocycles. The summed E-state index contributed by atoms with van der Waals surface area (Å²) in [5, 5.41) is 0. The van der Waals surface area contributed by atoms with Crippen molar-refractivity contribution in [2.24, 2.45) is 0 Å². The van der Waals surface area contributed by atoms with Gasteiger partial charge in [0.2, 0.25) is 6.29 Å². The SMILES string of the molecule is CCO[C@@H](O[C@@H]1O[C@H](COC(C)=O)[C@@H](OC(C)=O)[C@H](OC(C)=O)[C@H]1OC(C)=O)[C@@H](Br)C(C)=O. The number of ether oxygens (including phenoxy) is 7. The number of rotatable bonds is 11. The zero-order chi connectivity index (χ0) is 25.3. The molecule has 0 bridgehead atoms. The maximum absolute atomic E-state index is 11.9. The first-order valence-corrected chi connectivity index (χ1v) is 11.0. The van der Waals surface area contributed by atoms with E-state index in [0.29, 0.717) is 0 Å². The van der Waals surface area contributed by atoms with Gasteiger partial charge in [0, 0.05) is 34.3 Å². The van der Waals surface area contributed by atoms with Crippen molar-refractivity contribution in [2.75, 3.05) is 13.2 Å². The van der Waals surface area contributed by atoms with Crippen LogP contribution in [0.5, 0.6) is 0 Å². The molecule has 0 aromatic rings. The second kappa shape index (κ2) is 13.6. The van der Waals surface area contributed by atoms with E-state index in [-0.39, 0.29) is 12.4 Å². The predicted molar refractivity (Wildman–Crippen MR) is 112 cm³/mol. The van der Waals surface area contributed by atoms with E-state index >= 15 is 0 Å². The average molecular weight is 541 g/mol. The average Bonchev–Trinajstić information content (AvgIpc) is 2.68. The Hall–Kier alpha value is -2.09. The van der Waals surface area contributed by atoms with E-state index in [1.54, 1.807) is 6.92 Å². The lowest BCUT2D eigenvalue weighted by atomic mass is 9.98. The van der Waals surface area contributed by atoms with Gasteiger partial charge in [-0.2, -0.15) is 0 Å². The predicted octanol–water partition coefficient (Wildman–Crippen LogP) is 0.801. The zero-order valence-corrected chi connectivity index (χ0v) is 20.8. The highest BCUT2D eigenvalue weighted by atomic mass is 79.9. The number of esters is 4. The highest BCUT2D eigenvalue weighted by molar-refractivity contribution is 9.10. The van der Waals surface area contributed by atoms with Crippen molar-refractivity contribution in [2.45, 2.75) is 83.4 Å². The fraction of sp³-hybridized carbons (Fsp3) is 0.750. The van der Waals surface area contributed by atoms with E-state index in [0.717, 1.165) is 27.7 Å². The first-order valence-electron chi connectivity index (χ1n) is 10.1. The number of Topliss-reactive ketones (excluding diaryl/α,β-unsaturated/α-hetero) is 1. The van der Waals surface area contributed by atoms with Gasteiger partial charge in [-0.15, -0.1) is 0 Å². The zero-order valence-electron chi connectivity index (χ0n) is 19.2. The van der Waals surface area contributed by atoms with Crippen LogP contribution in [-0.4, -0.2) is 84.7 Å². The normalized spacial score (nSPS) is 26.5. The smallest absolute Gasteiger partial charge is 0.303 e. The maximum atomic E-state index is 11.9. The molecule has 1 heterocycles. The van der Waals surface area contributed by atoms with Gasteiger partial charge in [-0.05, 0) is 13.8 Å². The summed E-state index contributed by atoms with van der Waals surface area (Å²) < 4.78 is 38.0. The second-order valence-electron chi connectivity index (χ2n) is 7.04. The summed E-state index contributed by atoms with van der Waals surface area (Å²) in [6.07, 6.45) is -7.93. The Morgan fingerprint density at radius 3 is 1.79 bits per heavy atom. The van der Waals surface area contributed by atoms with Crippen LogP contribution in [0.2, 0.25) is 0 Å². The topological polar surface area (TPSA) is 150 Å². The van der Waals surface area contributed by atoms with Crippen molar-refractivity contribution < 1.29 is 57.1 Å². The Bertz CT molecular complexity index is 726. The molecule has 0 aromatic heterocycles. The van der Waals surface area contributed by atoms with E-state index in [1.165, 1.54) is 6.92 Å². The minimum absolute atomic E-state index is 0.158. The summed E-state index contributed by atoms with van der Waals surface area (Å²) in [4.78, 5) is 57.7. The Morgan fingerprint density at radius 2 is 1.33 bits per heavy atom. The number of halogens is 1. The van der Waals surface area contributed by atoms with Crippen LogP contribution in [0.25, 0.3) is 0 Å². The van der Waals surface area contributed by atoms with E-state index in [1.807, 2.05) is 0 Å². The molecule has 33 heavy (non-hydrogen) atoms. The van der Waals surface area contributed by atoms with Crippen LogP contribution in [0.1, 0.15) is 41.5 Å². The molecule has 0 radical (unpaired) electrons. The molecule has 13 heteroatoms. The summed E-state index contributed by atoms with van der Waals surface area (Å²) in [5.41, 5.74) is 0. The number of ketones is 1. The van der Waals surface area contributed by atoms with Gasteiger partial charge in [0.05, 0.1) is 0 Å². The maximum Gasteiger partial charge on any atom is 0.303 e. The summed E-state index contributed by atoms with van der Waals surface area (Å²) in [6.45, 7) is 7.23. The molecule has 0 spiro atoms. The number of alkyl halides is 1. The van der Waals surface area contributed by atoms with E-state index in [2.05, 4.69) is 15.9 Å². The molecular weight excluding hydrogens is 512 g/mol. The minimum Gasteiger partial charge on any atom is -0.463 e. The third kappa shape index (κ3) is 9.35. The van der Waals surface area contributed by atoms with Crippen molar-refractivity contribution in [3.63, 3.8) is 0 Å². The van der Waals surface area contributed by atoms with Crippen LogP contribution < -0.4 is 0 Å². The van der Waals surface area contributed by atoms with E-state index in [4.69, 9.17) is 33.2 Å². The lowest BCUT2D eigenvalue weighted by Gasteiger charge is -2.44. The Kier molecular flexibility index (Phi) is 11.9. The molecule has 1 aliphatic rings. The third-order valence-corrected chi connectivity index (χ3v) is 5.25. The van der Waals surface area contributed by atoms with Gasteiger partial charge < -0.3 is 33.2 Å². The molecule has 0 aliphatic carbocycles. The van der Waals surface area contributed by atoms with Crippen molar-refractivity contribution in [1.29, 1.82) is 0 Å². The first-order chi connectivity index (χ1) is 15.4. The number of hydrogen-bond acceptors (Lipinski definition) is 12. The fourth-order valence-corrected chi connectivity index (χ4v) is 3.26. The van der Waals surface area contributed by atoms with Crippen LogP contribution in [0.15, 0.2) is 0 Å². The highest BCUT2D eigenvalue weighted by Gasteiger charge is 2.53. The van der Waals surface area contributed by atoms with Crippen molar-refractivity contribution in [3.8, 4) is 0 Å². The molecule has 1 rings (SSSR count). The fourth-order valence-electron chi connectivity index (χ4n) is 2.98. The van der Waals surface area contributed by atoms with Crippen molar-refractivity contribution in [3.05, 3.63) is 0 Å². The number of carbonyl (C=O) groups is 5. The molecule has 12 nitrogen and oxygen atoms in total. The van der Waals surface area contributed by atoms with Crippen LogP contribution in [0.4, 0.5) is 0 Å². The Balaban J connectivity index is 3.43. The van der Waals surface area contributed by atoms with Crippen molar-refractivity contribution >= 4 is 45.6 Å². The van der Waals surface area contributed by atoms with Crippen molar-refractivity contribution in [1.82, 2.24) is 0 Å². The number of carbonyl (C=O) groups excluding carboxylic acids is 5. The third-order valence-electron chi connectivity index (χ3n) is 4.17. The first kappa shape index (κ1) is 28.9. The van der Waals surface area contributed by atoms with Gasteiger partial charge in [0.25, 0.3) is 0 Å². The molecule has 0 N–H and O–H groups in total. The Labute approximate surface area is 199 Å². The molecule has 0 saturated carbocycles. The van der Waals surface area contributed by atoms with Crippen LogP contribution in [-0.2, 0) is 57.1 Å². The quantitative estimate of drug-likeness (QED) is 0.158. The molecule has 0 unspecified atom stereocenters. The van der Waals surface area contributed by atoms with Gasteiger partial charge in [-0.25, -0.2) is 0 Å². The number of hydrogen-bond donors (Lipinski definition) is 0. The molecule has 7 atom stereocenters. The summed E-state index contributed by atoms with van der Waals surface area (Å²) >= 11 is 3.19. The Morgan fingerprint density at radius 1 is 0.818 bits per heavy atom. The largest absolute Gasteiger partial charge is 0.463 e. The van der Waals surface area contributed by atoms with Gasteiger partial charge in [0.15, 0.2) is 24.6 Å². The monoisotopic (exact) mass is 540 g/mol.